The minimum Gasteiger partial charge on any atom is -1.00 e. The fourth-order valence-electron chi connectivity index (χ4n) is 0. The van der Waals surface area contributed by atoms with Gasteiger partial charge in [-0.3, -0.25) is 0 Å². The molecule has 0 aromatic rings. The zero-order chi connectivity index (χ0) is 3.58. The molecule has 0 aliphatic rings. The van der Waals surface area contributed by atoms with Crippen LogP contribution < -0.4 is 0 Å². The SMILES string of the molecule is O.O.OB(O)O.[Ba+2].[H-].[H-]. The van der Waals surface area contributed by atoms with Gasteiger partial charge in [-0.05, 0) is 0 Å². The summed E-state index contributed by atoms with van der Waals surface area (Å²) in [5.41, 5.74) is 0. The zero-order valence-corrected chi connectivity index (χ0v) is 8.07. The summed E-state index contributed by atoms with van der Waals surface area (Å²) in [4.78, 5) is 0. The van der Waals surface area contributed by atoms with E-state index in [0.29, 0.717) is 0 Å². The van der Waals surface area contributed by atoms with E-state index in [-0.39, 0.29) is 62.7 Å². The van der Waals surface area contributed by atoms with E-state index in [1.807, 2.05) is 0 Å². The Morgan fingerprint density at radius 1 is 1.00 bits per heavy atom. The van der Waals surface area contributed by atoms with Crippen molar-refractivity contribution in [3.8, 4) is 0 Å². The summed E-state index contributed by atoms with van der Waals surface area (Å²) >= 11 is 0. The smallest absolute Gasteiger partial charge is 1.00 e. The molecule has 44 valence electrons. The molecule has 0 saturated carbocycles. The van der Waals surface area contributed by atoms with Gasteiger partial charge in [0.25, 0.3) is 0 Å². The molecule has 7 heavy (non-hydrogen) atoms. The maximum absolute atomic E-state index is 7.17. The maximum Gasteiger partial charge on any atom is 2.00 e. The standard InChI is InChI=1S/BH3O3.Ba.2H2O.2H/c2-1(3)4;;;;;/h2-4H;;2*1H2;;/q;+2;;;2*-1. The van der Waals surface area contributed by atoms with Crippen molar-refractivity contribution in [3.63, 3.8) is 0 Å². The fourth-order valence-corrected chi connectivity index (χ4v) is 0. The molecule has 0 fully saturated rings. The molecule has 7 heteroatoms. The molecule has 0 unspecified atom stereocenters. The molecule has 0 amide bonds. The van der Waals surface area contributed by atoms with E-state index in [4.69, 9.17) is 15.1 Å². The monoisotopic (exact) mass is 238 g/mol. The fraction of sp³-hybridized carbons (Fsp3) is 0. The van der Waals surface area contributed by atoms with Crippen LogP contribution in [0.3, 0.4) is 0 Å². The van der Waals surface area contributed by atoms with Gasteiger partial charge in [-0.2, -0.15) is 0 Å². The van der Waals surface area contributed by atoms with Gasteiger partial charge in [0.15, 0.2) is 0 Å². The first kappa shape index (κ1) is 23.7. The molecule has 0 aromatic carbocycles. The second-order valence-electron chi connectivity index (χ2n) is 0.346. The van der Waals surface area contributed by atoms with Gasteiger partial charge in [0, 0.05) is 0 Å². The molecule has 0 rings (SSSR count). The van der Waals surface area contributed by atoms with Crippen molar-refractivity contribution >= 4 is 56.2 Å². The van der Waals surface area contributed by atoms with Crippen molar-refractivity contribution in [1.29, 1.82) is 0 Å². The predicted molar refractivity (Wildman–Crippen MR) is 27.6 cm³/mol. The first-order valence-corrected chi connectivity index (χ1v) is 0.775. The maximum atomic E-state index is 7.17. The molecule has 0 aromatic heterocycles. The van der Waals surface area contributed by atoms with Crippen LogP contribution in [0.2, 0.25) is 0 Å². The predicted octanol–water partition coefficient (Wildman–Crippen LogP) is -3.86. The van der Waals surface area contributed by atoms with Crippen LogP contribution in [0.1, 0.15) is 2.85 Å². The molecule has 0 saturated heterocycles. The van der Waals surface area contributed by atoms with Gasteiger partial charge >= 0.3 is 56.2 Å². The minimum atomic E-state index is -2.17. The van der Waals surface area contributed by atoms with Crippen molar-refractivity contribution < 1.29 is 28.9 Å². The third-order valence-corrected chi connectivity index (χ3v) is 0. The Labute approximate surface area is 84.2 Å². The molecule has 0 aliphatic carbocycles. The Balaban J connectivity index is -0.00000000450. The Bertz CT molecular complexity index is 19.7. The van der Waals surface area contributed by atoms with Crippen LogP contribution in [0.5, 0.6) is 0 Å². The van der Waals surface area contributed by atoms with Crippen LogP contribution in [0.25, 0.3) is 0 Å². The third kappa shape index (κ3) is 107. The summed E-state index contributed by atoms with van der Waals surface area (Å²) in [6.07, 6.45) is 0. The van der Waals surface area contributed by atoms with Crippen molar-refractivity contribution in [2.75, 3.05) is 0 Å². The quantitative estimate of drug-likeness (QED) is 0.373. The topological polar surface area (TPSA) is 124 Å². The summed E-state index contributed by atoms with van der Waals surface area (Å²) in [6.45, 7) is 0. The van der Waals surface area contributed by atoms with Crippen molar-refractivity contribution in [2.24, 2.45) is 0 Å². The Kier molecular flexibility index (Phi) is 53.0. The third-order valence-electron chi connectivity index (χ3n) is 0. The Morgan fingerprint density at radius 3 is 1.00 bits per heavy atom. The van der Waals surface area contributed by atoms with Crippen LogP contribution in [0.15, 0.2) is 0 Å². The summed E-state index contributed by atoms with van der Waals surface area (Å²) in [5, 5.41) is 21.5. The van der Waals surface area contributed by atoms with Gasteiger partial charge in [0.2, 0.25) is 0 Å². The van der Waals surface area contributed by atoms with Crippen molar-refractivity contribution in [1.82, 2.24) is 0 Å². The molecule has 0 radical (unpaired) electrons. The largest absolute Gasteiger partial charge is 2.00 e. The van der Waals surface area contributed by atoms with Crippen molar-refractivity contribution in [3.05, 3.63) is 0 Å². The van der Waals surface area contributed by atoms with Crippen LogP contribution in [0.4, 0.5) is 0 Å². The Morgan fingerprint density at radius 2 is 1.00 bits per heavy atom. The van der Waals surface area contributed by atoms with Crippen LogP contribution in [0, 0.1) is 0 Å². The average Bonchev–Trinajstić information content (AvgIpc) is 0.811. The van der Waals surface area contributed by atoms with E-state index in [9.17, 15) is 0 Å². The van der Waals surface area contributed by atoms with Gasteiger partial charge in [0.1, 0.15) is 0 Å². The second kappa shape index (κ2) is 15.7. The Hall–Kier alpha value is 1.44. The first-order chi connectivity index (χ1) is 1.73. The molecule has 5 nitrogen and oxygen atoms in total. The van der Waals surface area contributed by atoms with Crippen LogP contribution in [-0.4, -0.2) is 82.2 Å². The molecule has 0 bridgehead atoms. The van der Waals surface area contributed by atoms with Crippen LogP contribution in [-0.2, 0) is 0 Å². The van der Waals surface area contributed by atoms with Gasteiger partial charge in [-0.25, -0.2) is 0 Å². The molecule has 0 spiro atoms. The van der Waals surface area contributed by atoms with Gasteiger partial charge in [-0.1, -0.05) is 0 Å². The van der Waals surface area contributed by atoms with Crippen molar-refractivity contribution in [2.45, 2.75) is 0 Å². The van der Waals surface area contributed by atoms with Crippen LogP contribution >= 0.6 is 0 Å². The second-order valence-corrected chi connectivity index (χ2v) is 0.346. The van der Waals surface area contributed by atoms with Gasteiger partial charge in [0.05, 0.1) is 0 Å². The van der Waals surface area contributed by atoms with E-state index in [2.05, 4.69) is 0 Å². The zero-order valence-electron chi connectivity index (χ0n) is 5.63. The number of rotatable bonds is 0. The molecule has 0 aliphatic heterocycles. The van der Waals surface area contributed by atoms with E-state index < -0.39 is 7.32 Å². The summed E-state index contributed by atoms with van der Waals surface area (Å²) < 4.78 is 0. The average molecular weight is 237 g/mol. The summed E-state index contributed by atoms with van der Waals surface area (Å²) in [5.74, 6) is 0. The van der Waals surface area contributed by atoms with Gasteiger partial charge < -0.3 is 28.9 Å². The molecular formula is H9BBaO5. The van der Waals surface area contributed by atoms with E-state index in [0.717, 1.165) is 0 Å². The molecule has 0 heterocycles. The molecule has 0 atom stereocenters. The van der Waals surface area contributed by atoms with E-state index in [1.54, 1.807) is 0 Å². The van der Waals surface area contributed by atoms with E-state index in [1.165, 1.54) is 0 Å². The number of hydrogen-bond acceptors (Lipinski definition) is 3. The number of hydrogen-bond donors (Lipinski definition) is 3. The molecular weight excluding hydrogens is 228 g/mol. The minimum absolute atomic E-state index is 0. The van der Waals surface area contributed by atoms with Gasteiger partial charge in [-0.15, -0.1) is 0 Å². The summed E-state index contributed by atoms with van der Waals surface area (Å²) in [6, 6.07) is 0. The summed E-state index contributed by atoms with van der Waals surface area (Å²) in [7, 11) is -2.17. The normalized spacial score (nSPS) is 3.86. The van der Waals surface area contributed by atoms with E-state index >= 15 is 0 Å². The molecule has 7 N–H and O–H groups in total. The first-order valence-electron chi connectivity index (χ1n) is 0.775.